The fourth-order valence-electron chi connectivity index (χ4n) is 3.10. The van der Waals surface area contributed by atoms with Gasteiger partial charge in [-0.2, -0.15) is 0 Å². The predicted octanol–water partition coefficient (Wildman–Crippen LogP) is 5.02. The quantitative estimate of drug-likeness (QED) is 0.726. The lowest BCUT2D eigenvalue weighted by Crippen LogP contribution is -2.13. The lowest BCUT2D eigenvalue weighted by atomic mass is 10.00. The number of methoxy groups -OCH3 is 1. The van der Waals surface area contributed by atoms with Gasteiger partial charge < -0.3 is 9.64 Å². The first kappa shape index (κ1) is 17.1. The molecule has 2 rings (SSSR count). The van der Waals surface area contributed by atoms with E-state index in [1.54, 1.807) is 7.11 Å². The van der Waals surface area contributed by atoms with Gasteiger partial charge in [-0.05, 0) is 66.8 Å². The summed E-state index contributed by atoms with van der Waals surface area (Å²) in [5, 5.41) is 0. The van der Waals surface area contributed by atoms with Crippen LogP contribution in [0, 0.1) is 13.8 Å². The minimum absolute atomic E-state index is 0.387. The van der Waals surface area contributed by atoms with Crippen molar-refractivity contribution in [2.75, 3.05) is 19.1 Å². The van der Waals surface area contributed by atoms with Crippen LogP contribution in [-0.4, -0.2) is 20.4 Å². The third-order valence-electron chi connectivity index (χ3n) is 4.21. The minimum atomic E-state index is 0.387. The molecular weight excluding hydrogens is 286 g/mol. The van der Waals surface area contributed by atoms with E-state index in [1.165, 1.54) is 5.56 Å². The lowest BCUT2D eigenvalue weighted by molar-refractivity contribution is 0.112. The molecule has 0 saturated carbocycles. The number of aldehydes is 1. The molecule has 0 aromatic heterocycles. The molecule has 0 bridgehead atoms. The summed E-state index contributed by atoms with van der Waals surface area (Å²) in [7, 11) is 3.76. The van der Waals surface area contributed by atoms with E-state index in [1.807, 2.05) is 32.0 Å². The Labute approximate surface area is 138 Å². The summed E-state index contributed by atoms with van der Waals surface area (Å²) >= 11 is 0. The van der Waals surface area contributed by atoms with E-state index in [4.69, 9.17) is 4.74 Å². The fraction of sp³-hybridized carbons (Fsp3) is 0.350. The van der Waals surface area contributed by atoms with E-state index in [9.17, 15) is 4.79 Å². The number of ether oxygens (including phenoxy) is 1. The molecule has 0 atom stereocenters. The molecule has 3 heteroatoms. The van der Waals surface area contributed by atoms with Gasteiger partial charge in [0.1, 0.15) is 12.0 Å². The first-order valence-corrected chi connectivity index (χ1v) is 7.87. The molecule has 0 amide bonds. The highest BCUT2D eigenvalue weighted by Gasteiger charge is 2.15. The molecule has 0 radical (unpaired) electrons. The molecular formula is C20H25NO2. The summed E-state index contributed by atoms with van der Waals surface area (Å²) in [6.07, 6.45) is 0.897. The molecule has 0 N–H and O–H groups in total. The summed E-state index contributed by atoms with van der Waals surface area (Å²) in [6, 6.07) is 10.1. The van der Waals surface area contributed by atoms with Crippen LogP contribution in [0.3, 0.4) is 0 Å². The predicted molar refractivity (Wildman–Crippen MR) is 96.4 cm³/mol. The van der Waals surface area contributed by atoms with Gasteiger partial charge in [0.2, 0.25) is 0 Å². The van der Waals surface area contributed by atoms with Crippen molar-refractivity contribution in [3.8, 4) is 5.75 Å². The van der Waals surface area contributed by atoms with Crippen LogP contribution in [0.2, 0.25) is 0 Å². The third kappa shape index (κ3) is 3.39. The van der Waals surface area contributed by atoms with E-state index in [-0.39, 0.29) is 0 Å². The zero-order chi connectivity index (χ0) is 17.1. The Balaban J connectivity index is 2.51. The number of rotatable bonds is 5. The zero-order valence-corrected chi connectivity index (χ0v) is 14.8. The van der Waals surface area contributed by atoms with Gasteiger partial charge in [-0.15, -0.1) is 0 Å². The molecule has 3 nitrogen and oxygen atoms in total. The van der Waals surface area contributed by atoms with Gasteiger partial charge in [-0.3, -0.25) is 4.79 Å². The Kier molecular flexibility index (Phi) is 5.09. The van der Waals surface area contributed by atoms with Gasteiger partial charge in [-0.25, -0.2) is 0 Å². The van der Waals surface area contributed by atoms with Gasteiger partial charge in [0.25, 0.3) is 0 Å². The van der Waals surface area contributed by atoms with E-state index in [0.29, 0.717) is 5.92 Å². The second-order valence-electron chi connectivity index (χ2n) is 6.26. The number of hydrogen-bond donors (Lipinski definition) is 0. The van der Waals surface area contributed by atoms with Gasteiger partial charge in [0, 0.05) is 24.0 Å². The molecule has 0 aliphatic carbocycles. The molecule has 0 heterocycles. The molecule has 0 unspecified atom stereocenters. The van der Waals surface area contributed by atoms with Crippen molar-refractivity contribution >= 4 is 17.7 Å². The topological polar surface area (TPSA) is 29.5 Å². The number of anilines is 2. The number of carbonyl (C=O) groups is 1. The minimum Gasteiger partial charge on any atom is -0.496 e. The largest absolute Gasteiger partial charge is 0.496 e. The maximum Gasteiger partial charge on any atom is 0.150 e. The Morgan fingerprint density at radius 1 is 1.09 bits per heavy atom. The van der Waals surface area contributed by atoms with Crippen LogP contribution in [0.4, 0.5) is 11.4 Å². The number of nitrogens with zero attached hydrogens (tertiary/aromatic N) is 1. The van der Waals surface area contributed by atoms with Crippen molar-refractivity contribution in [1.82, 2.24) is 0 Å². The molecule has 0 saturated heterocycles. The van der Waals surface area contributed by atoms with E-state index < -0.39 is 0 Å². The van der Waals surface area contributed by atoms with E-state index in [2.05, 4.69) is 37.9 Å². The Bertz CT molecular complexity index is 697. The smallest absolute Gasteiger partial charge is 0.150 e. The highest BCUT2D eigenvalue weighted by molar-refractivity contribution is 5.80. The van der Waals surface area contributed by atoms with Crippen LogP contribution < -0.4 is 9.64 Å². The van der Waals surface area contributed by atoms with Crippen molar-refractivity contribution in [1.29, 1.82) is 0 Å². The van der Waals surface area contributed by atoms with Crippen molar-refractivity contribution in [2.45, 2.75) is 33.6 Å². The number of carbonyl (C=O) groups excluding carboxylic acids is 1. The maximum atomic E-state index is 11.0. The fourth-order valence-corrected chi connectivity index (χ4v) is 3.10. The van der Waals surface area contributed by atoms with Crippen molar-refractivity contribution in [2.24, 2.45) is 0 Å². The van der Waals surface area contributed by atoms with E-state index in [0.717, 1.165) is 40.1 Å². The first-order chi connectivity index (χ1) is 10.9. The van der Waals surface area contributed by atoms with Gasteiger partial charge in [-0.1, -0.05) is 13.8 Å². The maximum absolute atomic E-state index is 11.0. The summed E-state index contributed by atoms with van der Waals surface area (Å²) < 4.78 is 5.47. The second kappa shape index (κ2) is 6.86. The number of aryl methyl sites for hydroxylation is 2. The second-order valence-corrected chi connectivity index (χ2v) is 6.26. The standard InChI is InChI=1S/C20H25NO2/c1-13(2)18-11-17(7-8-19(18)23-6)21(5)20-14(3)9-16(12-22)10-15(20)4/h7-13H,1-6H3. The van der Waals surface area contributed by atoms with Crippen LogP contribution >= 0.6 is 0 Å². The molecule has 0 aliphatic rings. The molecule has 0 spiro atoms. The molecule has 23 heavy (non-hydrogen) atoms. The van der Waals surface area contributed by atoms with Crippen LogP contribution in [0.25, 0.3) is 0 Å². The Morgan fingerprint density at radius 2 is 1.70 bits per heavy atom. The van der Waals surface area contributed by atoms with Gasteiger partial charge >= 0.3 is 0 Å². The summed E-state index contributed by atoms with van der Waals surface area (Å²) in [6.45, 7) is 8.41. The van der Waals surface area contributed by atoms with Crippen molar-refractivity contribution in [3.63, 3.8) is 0 Å². The molecule has 2 aromatic carbocycles. The number of hydrogen-bond acceptors (Lipinski definition) is 3. The Morgan fingerprint density at radius 3 is 2.17 bits per heavy atom. The van der Waals surface area contributed by atoms with Crippen LogP contribution in [0.1, 0.15) is 46.8 Å². The monoisotopic (exact) mass is 311 g/mol. The zero-order valence-electron chi connectivity index (χ0n) is 14.8. The molecule has 0 fully saturated rings. The highest BCUT2D eigenvalue weighted by atomic mass is 16.5. The molecule has 122 valence electrons. The lowest BCUT2D eigenvalue weighted by Gasteiger charge is -2.25. The van der Waals surface area contributed by atoms with Gasteiger partial charge in [0.15, 0.2) is 0 Å². The first-order valence-electron chi connectivity index (χ1n) is 7.87. The van der Waals surface area contributed by atoms with Crippen LogP contribution in [-0.2, 0) is 0 Å². The summed E-state index contributed by atoms with van der Waals surface area (Å²) in [4.78, 5) is 13.2. The number of benzene rings is 2. The van der Waals surface area contributed by atoms with Crippen LogP contribution in [0.5, 0.6) is 5.75 Å². The summed E-state index contributed by atoms with van der Waals surface area (Å²) in [5.41, 5.74) is 6.34. The van der Waals surface area contributed by atoms with Crippen molar-refractivity contribution < 1.29 is 9.53 Å². The average Bonchev–Trinajstić information content (AvgIpc) is 2.53. The van der Waals surface area contributed by atoms with Crippen LogP contribution in [0.15, 0.2) is 30.3 Å². The van der Waals surface area contributed by atoms with Gasteiger partial charge in [0.05, 0.1) is 7.11 Å². The van der Waals surface area contributed by atoms with E-state index >= 15 is 0 Å². The van der Waals surface area contributed by atoms with Crippen molar-refractivity contribution in [3.05, 3.63) is 52.6 Å². The molecule has 0 aliphatic heterocycles. The summed E-state index contributed by atoms with van der Waals surface area (Å²) in [5.74, 6) is 1.31. The highest BCUT2D eigenvalue weighted by Crippen LogP contribution is 2.35. The SMILES string of the molecule is COc1ccc(N(C)c2c(C)cc(C=O)cc2C)cc1C(C)C. The normalized spacial score (nSPS) is 10.7. The average molecular weight is 311 g/mol. The molecule has 2 aromatic rings. The Hall–Kier alpha value is -2.29. The third-order valence-corrected chi connectivity index (χ3v) is 4.21.